The van der Waals surface area contributed by atoms with Gasteiger partial charge in [0.25, 0.3) is 0 Å². The monoisotopic (exact) mass is 477 g/mol. The Kier molecular flexibility index (Phi) is 5.72. The Morgan fingerprint density at radius 2 is 1.58 bits per heavy atom. The van der Waals surface area contributed by atoms with E-state index >= 15 is 0 Å². The van der Waals surface area contributed by atoms with E-state index in [0.29, 0.717) is 12.6 Å². The van der Waals surface area contributed by atoms with Crippen molar-refractivity contribution >= 4 is 38.3 Å². The molecule has 3 aromatic rings. The van der Waals surface area contributed by atoms with Crippen molar-refractivity contribution in [1.82, 2.24) is 9.80 Å². The van der Waals surface area contributed by atoms with Gasteiger partial charge in [-0.05, 0) is 41.3 Å². The lowest BCUT2D eigenvalue weighted by atomic mass is 9.85. The summed E-state index contributed by atoms with van der Waals surface area (Å²) >= 11 is 3.52. The Morgan fingerprint density at radius 3 is 2.35 bits per heavy atom. The van der Waals surface area contributed by atoms with Crippen LogP contribution < -0.4 is 4.90 Å². The van der Waals surface area contributed by atoms with E-state index in [0.717, 1.165) is 50.0 Å². The fourth-order valence-electron chi connectivity index (χ4n) is 5.23. The molecule has 5 heteroatoms. The Bertz CT molecular complexity index is 1060. The van der Waals surface area contributed by atoms with Crippen molar-refractivity contribution < 1.29 is 4.79 Å². The molecular weight excluding hydrogens is 450 g/mol. The summed E-state index contributed by atoms with van der Waals surface area (Å²) in [6, 6.07) is 25.6. The van der Waals surface area contributed by atoms with Gasteiger partial charge in [0.15, 0.2) is 0 Å². The second-order valence-corrected chi connectivity index (χ2v) is 9.40. The Labute approximate surface area is 192 Å². The zero-order valence-electron chi connectivity index (χ0n) is 17.7. The zero-order valence-corrected chi connectivity index (χ0v) is 19.3. The molecule has 0 radical (unpaired) electrons. The molecular formula is C26H28BrN3O. The summed E-state index contributed by atoms with van der Waals surface area (Å²) in [5, 5.41) is 3.43. The van der Waals surface area contributed by atoms with Crippen LogP contribution in [-0.4, -0.2) is 52.9 Å². The number of para-hydroxylation sites is 1. The minimum Gasteiger partial charge on any atom is -0.339 e. The molecule has 5 rings (SSSR count). The molecule has 0 bridgehead atoms. The number of halogens is 1. The average Bonchev–Trinajstić information content (AvgIpc) is 3.08. The standard InChI is InChI=1S/C26H28BrN3O/c27-15-18-29-20-30(23-10-2-1-3-11-23)26(25(29)31)13-16-28(17-14-26)19-22-9-6-8-21-7-4-5-12-24(21)22/h1-12H,13-20H2. The molecule has 0 N–H and O–H groups in total. The molecule has 2 aliphatic rings. The van der Waals surface area contributed by atoms with Crippen LogP contribution in [0.5, 0.6) is 0 Å². The first kappa shape index (κ1) is 20.5. The van der Waals surface area contributed by atoms with Crippen LogP contribution in [0.15, 0.2) is 72.8 Å². The predicted molar refractivity (Wildman–Crippen MR) is 130 cm³/mol. The van der Waals surface area contributed by atoms with E-state index in [4.69, 9.17) is 0 Å². The minimum absolute atomic E-state index is 0.292. The predicted octanol–water partition coefficient (Wildman–Crippen LogP) is 4.88. The van der Waals surface area contributed by atoms with Crippen LogP contribution in [-0.2, 0) is 11.3 Å². The Balaban J connectivity index is 1.37. The number of rotatable bonds is 5. The molecule has 0 aromatic heterocycles. The number of anilines is 1. The Hall–Kier alpha value is -2.37. The van der Waals surface area contributed by atoms with Gasteiger partial charge in [-0.25, -0.2) is 0 Å². The first-order valence-corrected chi connectivity index (χ1v) is 12.2. The van der Waals surface area contributed by atoms with Gasteiger partial charge in [-0.1, -0.05) is 76.6 Å². The molecule has 3 aromatic carbocycles. The highest BCUT2D eigenvalue weighted by molar-refractivity contribution is 9.09. The summed E-state index contributed by atoms with van der Waals surface area (Å²) in [5.74, 6) is 0.292. The third-order valence-electron chi connectivity index (χ3n) is 6.89. The quantitative estimate of drug-likeness (QED) is 0.490. The van der Waals surface area contributed by atoms with Crippen molar-refractivity contribution in [3.63, 3.8) is 0 Å². The normalized spacial score (nSPS) is 18.9. The second kappa shape index (κ2) is 8.64. The van der Waals surface area contributed by atoms with Crippen LogP contribution in [0.1, 0.15) is 18.4 Å². The first-order chi connectivity index (χ1) is 15.2. The number of hydrogen-bond donors (Lipinski definition) is 0. The summed E-state index contributed by atoms with van der Waals surface area (Å²) in [5.41, 5.74) is 2.10. The SMILES string of the molecule is O=C1N(CCBr)CN(c2ccccc2)C12CCN(Cc1cccc3ccccc13)CC2. The van der Waals surface area contributed by atoms with Crippen molar-refractivity contribution in [3.05, 3.63) is 78.4 Å². The summed E-state index contributed by atoms with van der Waals surface area (Å²) in [6.07, 6.45) is 1.73. The summed E-state index contributed by atoms with van der Waals surface area (Å²) in [7, 11) is 0. The minimum atomic E-state index is -0.418. The van der Waals surface area contributed by atoms with Crippen LogP contribution in [0.25, 0.3) is 10.8 Å². The van der Waals surface area contributed by atoms with Gasteiger partial charge in [-0.3, -0.25) is 9.69 Å². The highest BCUT2D eigenvalue weighted by atomic mass is 79.9. The summed E-state index contributed by atoms with van der Waals surface area (Å²) in [6.45, 7) is 4.23. The van der Waals surface area contributed by atoms with E-state index in [2.05, 4.69) is 92.5 Å². The van der Waals surface area contributed by atoms with E-state index in [1.165, 1.54) is 16.3 Å². The molecule has 160 valence electrons. The zero-order chi connectivity index (χ0) is 21.3. The number of piperidine rings is 1. The van der Waals surface area contributed by atoms with E-state index in [1.54, 1.807) is 0 Å². The second-order valence-electron chi connectivity index (χ2n) is 8.61. The molecule has 1 amide bonds. The van der Waals surface area contributed by atoms with E-state index < -0.39 is 5.54 Å². The molecule has 2 saturated heterocycles. The maximum atomic E-state index is 13.5. The molecule has 31 heavy (non-hydrogen) atoms. The van der Waals surface area contributed by atoms with Crippen LogP contribution in [0, 0.1) is 0 Å². The molecule has 0 atom stereocenters. The maximum Gasteiger partial charge on any atom is 0.250 e. The highest BCUT2D eigenvalue weighted by Gasteiger charge is 2.53. The lowest BCUT2D eigenvalue weighted by Gasteiger charge is -2.43. The number of hydrogen-bond acceptors (Lipinski definition) is 3. The third kappa shape index (κ3) is 3.74. The van der Waals surface area contributed by atoms with Crippen LogP contribution >= 0.6 is 15.9 Å². The van der Waals surface area contributed by atoms with Crippen LogP contribution in [0.3, 0.4) is 0 Å². The van der Waals surface area contributed by atoms with Gasteiger partial charge >= 0.3 is 0 Å². The van der Waals surface area contributed by atoms with E-state index in [9.17, 15) is 4.79 Å². The maximum absolute atomic E-state index is 13.5. The van der Waals surface area contributed by atoms with Crippen molar-refractivity contribution in [2.24, 2.45) is 0 Å². The smallest absolute Gasteiger partial charge is 0.250 e. The fourth-order valence-corrected chi connectivity index (χ4v) is 5.66. The molecule has 2 aliphatic heterocycles. The van der Waals surface area contributed by atoms with Gasteiger partial charge < -0.3 is 9.80 Å². The summed E-state index contributed by atoms with van der Waals surface area (Å²) < 4.78 is 0. The number of carbonyl (C=O) groups is 1. The lowest BCUT2D eigenvalue weighted by Crippen LogP contribution is -2.56. The molecule has 2 heterocycles. The van der Waals surface area contributed by atoms with Gasteiger partial charge in [0.1, 0.15) is 5.54 Å². The third-order valence-corrected chi connectivity index (χ3v) is 7.25. The van der Waals surface area contributed by atoms with Gasteiger partial charge in [-0.15, -0.1) is 0 Å². The highest BCUT2D eigenvalue weighted by Crippen LogP contribution is 2.39. The molecule has 1 spiro atoms. The van der Waals surface area contributed by atoms with E-state index in [1.807, 2.05) is 11.0 Å². The first-order valence-electron chi connectivity index (χ1n) is 11.1. The molecule has 0 aliphatic carbocycles. The summed E-state index contributed by atoms with van der Waals surface area (Å²) in [4.78, 5) is 20.4. The topological polar surface area (TPSA) is 26.8 Å². The number of carbonyl (C=O) groups excluding carboxylic acids is 1. The number of amides is 1. The number of fused-ring (bicyclic) bond motifs is 1. The fraction of sp³-hybridized carbons (Fsp3) is 0.346. The van der Waals surface area contributed by atoms with Gasteiger partial charge in [0.2, 0.25) is 5.91 Å². The van der Waals surface area contributed by atoms with Crippen LogP contribution in [0.4, 0.5) is 5.69 Å². The van der Waals surface area contributed by atoms with Crippen molar-refractivity contribution in [2.45, 2.75) is 24.9 Å². The van der Waals surface area contributed by atoms with Crippen molar-refractivity contribution in [3.8, 4) is 0 Å². The van der Waals surface area contributed by atoms with Crippen molar-refractivity contribution in [2.75, 3.05) is 36.5 Å². The molecule has 0 saturated carbocycles. The number of benzene rings is 3. The Morgan fingerprint density at radius 1 is 0.871 bits per heavy atom. The lowest BCUT2D eigenvalue weighted by molar-refractivity contribution is -0.133. The van der Waals surface area contributed by atoms with Crippen LogP contribution in [0.2, 0.25) is 0 Å². The number of alkyl halides is 1. The number of nitrogens with zero attached hydrogens (tertiary/aromatic N) is 3. The van der Waals surface area contributed by atoms with Gasteiger partial charge in [-0.2, -0.15) is 0 Å². The average molecular weight is 478 g/mol. The molecule has 4 nitrogen and oxygen atoms in total. The molecule has 0 unspecified atom stereocenters. The molecule has 2 fully saturated rings. The largest absolute Gasteiger partial charge is 0.339 e. The number of likely N-dealkylation sites (tertiary alicyclic amines) is 1. The van der Waals surface area contributed by atoms with Gasteiger partial charge in [0, 0.05) is 37.2 Å². The van der Waals surface area contributed by atoms with E-state index in [-0.39, 0.29) is 0 Å². The van der Waals surface area contributed by atoms with Crippen molar-refractivity contribution in [1.29, 1.82) is 0 Å². The van der Waals surface area contributed by atoms with Gasteiger partial charge in [0.05, 0.1) is 6.67 Å².